The molecular formula is C8H6ClF2NO3. The Kier molecular flexibility index (Phi) is 3.41. The molecule has 15 heavy (non-hydrogen) atoms. The number of halogens is 3. The monoisotopic (exact) mass is 237 g/mol. The van der Waals surface area contributed by atoms with Gasteiger partial charge in [0.25, 0.3) is 6.43 Å². The van der Waals surface area contributed by atoms with Gasteiger partial charge < -0.3 is 10.1 Å². The Labute approximate surface area is 87.5 Å². The van der Waals surface area contributed by atoms with Gasteiger partial charge in [0.2, 0.25) is 0 Å². The van der Waals surface area contributed by atoms with E-state index in [2.05, 4.69) is 4.98 Å². The number of aliphatic carboxylic acids is 1. The molecule has 1 aromatic heterocycles. The molecule has 4 nitrogen and oxygen atoms in total. The number of aromatic nitrogens is 1. The summed E-state index contributed by atoms with van der Waals surface area (Å²) in [5, 5.41) is 7.89. The topological polar surface area (TPSA) is 70.2 Å². The molecule has 0 aliphatic rings. The number of hydrogen-bond donors (Lipinski definition) is 2. The maximum atomic E-state index is 12.3. The fraction of sp³-hybridized carbons (Fsp3) is 0.250. The normalized spacial score (nSPS) is 10.7. The van der Waals surface area contributed by atoms with Gasteiger partial charge in [-0.25, -0.2) is 8.78 Å². The summed E-state index contributed by atoms with van der Waals surface area (Å²) >= 11 is 5.38. The molecule has 0 saturated carbocycles. The predicted molar refractivity (Wildman–Crippen MR) is 48.4 cm³/mol. The summed E-state index contributed by atoms with van der Waals surface area (Å²) in [6.07, 6.45) is -3.46. The number of aromatic amines is 1. The zero-order valence-corrected chi connectivity index (χ0v) is 8.02. The van der Waals surface area contributed by atoms with Crippen LogP contribution in [0.15, 0.2) is 10.9 Å². The molecule has 1 heterocycles. The Morgan fingerprint density at radius 3 is 2.60 bits per heavy atom. The number of hydrogen-bond acceptors (Lipinski definition) is 2. The highest BCUT2D eigenvalue weighted by Gasteiger charge is 2.18. The van der Waals surface area contributed by atoms with E-state index in [0.29, 0.717) is 0 Å². The third kappa shape index (κ3) is 2.76. The number of carbonyl (C=O) groups is 1. The number of alkyl halides is 2. The van der Waals surface area contributed by atoms with Crippen LogP contribution in [0, 0.1) is 0 Å². The maximum Gasteiger partial charge on any atom is 0.309 e. The van der Waals surface area contributed by atoms with Gasteiger partial charge in [0, 0.05) is 11.8 Å². The van der Waals surface area contributed by atoms with Crippen molar-refractivity contribution in [3.8, 4) is 0 Å². The van der Waals surface area contributed by atoms with Crippen molar-refractivity contribution >= 4 is 17.6 Å². The Morgan fingerprint density at radius 1 is 1.60 bits per heavy atom. The van der Waals surface area contributed by atoms with E-state index in [1.54, 1.807) is 0 Å². The summed E-state index contributed by atoms with van der Waals surface area (Å²) in [6, 6.07) is 0.807. The zero-order chi connectivity index (χ0) is 11.6. The highest BCUT2D eigenvalue weighted by molar-refractivity contribution is 6.30. The fourth-order valence-electron chi connectivity index (χ4n) is 1.05. The maximum absolute atomic E-state index is 12.3. The van der Waals surface area contributed by atoms with Gasteiger partial charge in [-0.1, -0.05) is 11.6 Å². The van der Waals surface area contributed by atoms with E-state index in [1.165, 1.54) is 0 Å². The number of carboxylic acid groups (broad SMARTS) is 1. The third-order valence-corrected chi connectivity index (χ3v) is 1.94. The van der Waals surface area contributed by atoms with Gasteiger partial charge in [0.1, 0.15) is 10.7 Å². The third-order valence-electron chi connectivity index (χ3n) is 1.64. The first kappa shape index (κ1) is 11.6. The lowest BCUT2D eigenvalue weighted by Gasteiger charge is -2.04. The average molecular weight is 238 g/mol. The summed E-state index contributed by atoms with van der Waals surface area (Å²) < 4.78 is 24.5. The molecule has 0 atom stereocenters. The van der Waals surface area contributed by atoms with E-state index in [0.717, 1.165) is 6.07 Å². The number of pyridine rings is 1. The minimum absolute atomic E-state index is 0.0121. The van der Waals surface area contributed by atoms with Crippen LogP contribution in [0.1, 0.15) is 17.7 Å². The molecule has 0 unspecified atom stereocenters. The molecule has 0 aliphatic heterocycles. The first-order valence-electron chi connectivity index (χ1n) is 3.83. The van der Waals surface area contributed by atoms with Gasteiger partial charge >= 0.3 is 5.97 Å². The SMILES string of the molecule is O=C(O)Cc1cc(=O)c(C(F)F)c(Cl)[nH]1. The van der Waals surface area contributed by atoms with Gasteiger partial charge in [0.15, 0.2) is 5.43 Å². The van der Waals surface area contributed by atoms with Crippen LogP contribution < -0.4 is 5.43 Å². The Morgan fingerprint density at radius 2 is 2.20 bits per heavy atom. The standard InChI is InChI=1S/C8H6ClF2NO3/c9-7-6(8(10)11)4(13)1-3(12-7)2-5(14)15/h1,8H,2H2,(H,12,13)(H,14,15). The Balaban J connectivity index is 3.20. The molecule has 0 fully saturated rings. The van der Waals surface area contributed by atoms with E-state index in [-0.39, 0.29) is 5.69 Å². The minimum atomic E-state index is -2.99. The second-order valence-electron chi connectivity index (χ2n) is 2.76. The largest absolute Gasteiger partial charge is 0.481 e. The lowest BCUT2D eigenvalue weighted by atomic mass is 10.2. The molecule has 2 N–H and O–H groups in total. The summed E-state index contributed by atoms with van der Waals surface area (Å²) in [7, 11) is 0. The number of nitrogens with one attached hydrogen (secondary N) is 1. The first-order chi connectivity index (χ1) is 6.91. The van der Waals surface area contributed by atoms with Crippen LogP contribution in [-0.4, -0.2) is 16.1 Å². The predicted octanol–water partition coefficient (Wildman–Crippen LogP) is 1.59. The van der Waals surface area contributed by atoms with Crippen molar-refractivity contribution in [2.45, 2.75) is 12.8 Å². The summed E-state index contributed by atoms with van der Waals surface area (Å²) in [4.78, 5) is 23.6. The van der Waals surface area contributed by atoms with Crippen molar-refractivity contribution in [2.75, 3.05) is 0 Å². The van der Waals surface area contributed by atoms with Gasteiger partial charge in [-0.3, -0.25) is 9.59 Å². The molecule has 0 saturated heterocycles. The molecule has 0 amide bonds. The lowest BCUT2D eigenvalue weighted by Crippen LogP contribution is -2.14. The highest BCUT2D eigenvalue weighted by atomic mass is 35.5. The van der Waals surface area contributed by atoms with Gasteiger partial charge in [-0.05, 0) is 0 Å². The van der Waals surface area contributed by atoms with Crippen molar-refractivity contribution in [1.82, 2.24) is 4.98 Å². The quantitative estimate of drug-likeness (QED) is 0.785. The smallest absolute Gasteiger partial charge is 0.309 e. The second kappa shape index (κ2) is 4.39. The fourth-order valence-corrected chi connectivity index (χ4v) is 1.35. The Hall–Kier alpha value is -1.43. The molecule has 1 aromatic rings. The van der Waals surface area contributed by atoms with Crippen molar-refractivity contribution < 1.29 is 18.7 Å². The van der Waals surface area contributed by atoms with Crippen LogP contribution in [0.3, 0.4) is 0 Å². The molecule has 82 valence electrons. The van der Waals surface area contributed by atoms with Crippen LogP contribution in [0.4, 0.5) is 8.78 Å². The van der Waals surface area contributed by atoms with Crippen LogP contribution in [-0.2, 0) is 11.2 Å². The lowest BCUT2D eigenvalue weighted by molar-refractivity contribution is -0.136. The molecule has 0 spiro atoms. The molecule has 0 radical (unpaired) electrons. The summed E-state index contributed by atoms with van der Waals surface area (Å²) in [5.74, 6) is -1.19. The van der Waals surface area contributed by atoms with Crippen molar-refractivity contribution in [3.63, 3.8) is 0 Å². The molecule has 7 heteroatoms. The first-order valence-corrected chi connectivity index (χ1v) is 4.21. The van der Waals surface area contributed by atoms with Crippen LogP contribution in [0.25, 0.3) is 0 Å². The Bertz CT molecular complexity index is 444. The van der Waals surface area contributed by atoms with Crippen molar-refractivity contribution in [2.24, 2.45) is 0 Å². The number of carboxylic acids is 1. The molecule has 0 bridgehead atoms. The molecule has 1 rings (SSSR count). The number of rotatable bonds is 3. The zero-order valence-electron chi connectivity index (χ0n) is 7.26. The van der Waals surface area contributed by atoms with Crippen LogP contribution in [0.5, 0.6) is 0 Å². The van der Waals surface area contributed by atoms with Crippen LogP contribution >= 0.6 is 11.6 Å². The van der Waals surface area contributed by atoms with Crippen LogP contribution in [0.2, 0.25) is 5.15 Å². The molecular weight excluding hydrogens is 232 g/mol. The molecule has 0 aliphatic carbocycles. The van der Waals surface area contributed by atoms with Crippen molar-refractivity contribution in [3.05, 3.63) is 32.7 Å². The van der Waals surface area contributed by atoms with Gasteiger partial charge in [-0.2, -0.15) is 0 Å². The molecule has 0 aromatic carbocycles. The van der Waals surface area contributed by atoms with Gasteiger partial charge in [-0.15, -0.1) is 0 Å². The van der Waals surface area contributed by atoms with E-state index < -0.39 is 35.0 Å². The van der Waals surface area contributed by atoms with Crippen molar-refractivity contribution in [1.29, 1.82) is 0 Å². The number of H-pyrrole nitrogens is 1. The average Bonchev–Trinajstić information content (AvgIpc) is 1.99. The van der Waals surface area contributed by atoms with Gasteiger partial charge in [0.05, 0.1) is 6.42 Å². The highest BCUT2D eigenvalue weighted by Crippen LogP contribution is 2.21. The second-order valence-corrected chi connectivity index (χ2v) is 3.14. The van der Waals surface area contributed by atoms with E-state index >= 15 is 0 Å². The van der Waals surface area contributed by atoms with E-state index in [9.17, 15) is 18.4 Å². The minimum Gasteiger partial charge on any atom is -0.481 e. The summed E-state index contributed by atoms with van der Waals surface area (Å²) in [5.41, 5.74) is -1.82. The summed E-state index contributed by atoms with van der Waals surface area (Å²) in [6.45, 7) is 0. The van der Waals surface area contributed by atoms with E-state index in [4.69, 9.17) is 16.7 Å². The van der Waals surface area contributed by atoms with E-state index in [1.807, 2.05) is 0 Å².